The molecule has 5 nitrogen and oxygen atoms in total. The molecule has 2 heterocycles. The summed E-state index contributed by atoms with van der Waals surface area (Å²) in [4.78, 5) is 20.1. The van der Waals surface area contributed by atoms with Crippen LogP contribution in [-0.4, -0.2) is 53.7 Å². The molecule has 1 aromatic heterocycles. The number of hydrogen-bond acceptors (Lipinski definition) is 4. The van der Waals surface area contributed by atoms with Crippen molar-refractivity contribution in [2.24, 2.45) is 5.92 Å². The number of ether oxygens (including phenoxy) is 1. The fourth-order valence-corrected chi connectivity index (χ4v) is 3.01. The first-order valence-corrected chi connectivity index (χ1v) is 8.65. The Balaban J connectivity index is 1.87. The Bertz CT molecular complexity index is 520. The van der Waals surface area contributed by atoms with Crippen LogP contribution < -0.4 is 0 Å². The molecule has 0 spiro atoms. The van der Waals surface area contributed by atoms with Crippen LogP contribution in [0.3, 0.4) is 0 Å². The number of hydrogen-bond donors (Lipinski definition) is 0. The van der Waals surface area contributed by atoms with Crippen molar-refractivity contribution < 1.29 is 9.53 Å². The van der Waals surface area contributed by atoms with Crippen LogP contribution in [0.5, 0.6) is 0 Å². The van der Waals surface area contributed by atoms with Gasteiger partial charge in [-0.3, -0.25) is 4.90 Å². The van der Waals surface area contributed by atoms with Gasteiger partial charge in [0.05, 0.1) is 6.61 Å². The molecule has 2 rings (SSSR count). The molecule has 0 N–H and O–H groups in total. The normalized spacial score (nSPS) is 16.5. The van der Waals surface area contributed by atoms with Crippen LogP contribution >= 0.6 is 23.2 Å². The molecule has 1 aliphatic rings. The molecule has 0 aromatic carbocycles. The Morgan fingerprint density at radius 3 is 2.57 bits per heavy atom. The predicted molar refractivity (Wildman–Crippen MR) is 91.9 cm³/mol. The third-order valence-electron chi connectivity index (χ3n) is 3.62. The van der Waals surface area contributed by atoms with Gasteiger partial charge in [0.15, 0.2) is 0 Å². The first-order chi connectivity index (χ1) is 10.9. The Morgan fingerprint density at radius 2 is 1.91 bits per heavy atom. The number of nitrogens with zero attached hydrogens (tertiary/aromatic N) is 3. The lowest BCUT2D eigenvalue weighted by Gasteiger charge is -2.22. The van der Waals surface area contributed by atoms with Crippen LogP contribution in [0.4, 0.5) is 4.79 Å². The van der Waals surface area contributed by atoms with E-state index in [1.807, 2.05) is 26.0 Å². The van der Waals surface area contributed by atoms with E-state index in [9.17, 15) is 4.79 Å². The lowest BCUT2D eigenvalue weighted by Crippen LogP contribution is -2.36. The van der Waals surface area contributed by atoms with Gasteiger partial charge in [-0.1, -0.05) is 37.0 Å². The van der Waals surface area contributed by atoms with Gasteiger partial charge in [0, 0.05) is 32.7 Å². The van der Waals surface area contributed by atoms with E-state index >= 15 is 0 Å². The van der Waals surface area contributed by atoms with E-state index in [2.05, 4.69) is 9.88 Å². The number of carbonyl (C=O) groups is 1. The molecule has 1 saturated heterocycles. The molecule has 1 fully saturated rings. The highest BCUT2D eigenvalue weighted by Crippen LogP contribution is 2.17. The maximum absolute atomic E-state index is 12.1. The van der Waals surface area contributed by atoms with Crippen molar-refractivity contribution >= 4 is 29.3 Å². The highest BCUT2D eigenvalue weighted by atomic mass is 35.5. The highest BCUT2D eigenvalue weighted by Gasteiger charge is 2.20. The summed E-state index contributed by atoms with van der Waals surface area (Å²) in [7, 11) is 0. The maximum Gasteiger partial charge on any atom is 0.409 e. The molecular formula is C16H23Cl2N3O2. The van der Waals surface area contributed by atoms with Crippen LogP contribution in [0.15, 0.2) is 12.1 Å². The zero-order valence-corrected chi connectivity index (χ0v) is 15.1. The summed E-state index contributed by atoms with van der Waals surface area (Å²) >= 11 is 11.9. The quantitative estimate of drug-likeness (QED) is 0.769. The summed E-state index contributed by atoms with van der Waals surface area (Å²) in [5, 5.41) is 0.808. The van der Waals surface area contributed by atoms with Crippen molar-refractivity contribution in [1.82, 2.24) is 14.8 Å². The average molecular weight is 360 g/mol. The third-order valence-corrected chi connectivity index (χ3v) is 4.00. The number of amides is 1. The van der Waals surface area contributed by atoms with Crippen LogP contribution in [0.2, 0.25) is 10.3 Å². The second-order valence-electron chi connectivity index (χ2n) is 6.21. The number of pyridine rings is 1. The Hall–Kier alpha value is -1.04. The Labute approximate surface area is 147 Å². The SMILES string of the molecule is CC(C)COC(=O)N1CCCN(Cc2cc(Cl)nc(Cl)c2)CC1. The topological polar surface area (TPSA) is 45.7 Å². The number of halogens is 2. The largest absolute Gasteiger partial charge is 0.449 e. The van der Waals surface area contributed by atoms with E-state index in [1.54, 1.807) is 4.90 Å². The van der Waals surface area contributed by atoms with Gasteiger partial charge >= 0.3 is 6.09 Å². The van der Waals surface area contributed by atoms with Gasteiger partial charge in [-0.2, -0.15) is 0 Å². The summed E-state index contributed by atoms with van der Waals surface area (Å²) in [6.07, 6.45) is 0.708. The van der Waals surface area contributed by atoms with Gasteiger partial charge in [-0.05, 0) is 30.0 Å². The maximum atomic E-state index is 12.1. The van der Waals surface area contributed by atoms with Crippen LogP contribution in [0, 0.1) is 5.92 Å². The minimum absolute atomic E-state index is 0.212. The Kier molecular flexibility index (Phi) is 6.93. The Morgan fingerprint density at radius 1 is 1.22 bits per heavy atom. The van der Waals surface area contributed by atoms with Crippen LogP contribution in [0.1, 0.15) is 25.8 Å². The van der Waals surface area contributed by atoms with Crippen molar-refractivity contribution in [3.8, 4) is 0 Å². The molecule has 0 radical (unpaired) electrons. The summed E-state index contributed by atoms with van der Waals surface area (Å²) in [6.45, 7) is 8.39. The number of carbonyl (C=O) groups excluding carboxylic acids is 1. The van der Waals surface area contributed by atoms with E-state index < -0.39 is 0 Å². The first kappa shape index (κ1) is 18.3. The van der Waals surface area contributed by atoms with Gasteiger partial charge in [-0.15, -0.1) is 0 Å². The molecule has 0 bridgehead atoms. The van der Waals surface area contributed by atoms with E-state index in [4.69, 9.17) is 27.9 Å². The predicted octanol–water partition coefficient (Wildman–Crippen LogP) is 3.69. The molecular weight excluding hydrogens is 337 g/mol. The zero-order valence-electron chi connectivity index (χ0n) is 13.6. The number of rotatable bonds is 4. The standard InChI is InChI=1S/C16H23Cl2N3O2/c1-12(2)11-23-16(22)21-5-3-4-20(6-7-21)10-13-8-14(17)19-15(18)9-13/h8-9,12H,3-7,10-11H2,1-2H3. The lowest BCUT2D eigenvalue weighted by molar-refractivity contribution is 0.0930. The van der Waals surface area contributed by atoms with E-state index in [0.29, 0.717) is 29.4 Å². The molecule has 1 aliphatic heterocycles. The fraction of sp³-hybridized carbons (Fsp3) is 0.625. The molecule has 0 unspecified atom stereocenters. The van der Waals surface area contributed by atoms with Gasteiger partial charge in [0.2, 0.25) is 0 Å². The molecule has 7 heteroatoms. The third kappa shape index (κ3) is 6.16. The molecule has 1 amide bonds. The minimum Gasteiger partial charge on any atom is -0.449 e. The molecule has 128 valence electrons. The van der Waals surface area contributed by atoms with Crippen molar-refractivity contribution in [3.05, 3.63) is 28.0 Å². The second-order valence-corrected chi connectivity index (χ2v) is 6.98. The van der Waals surface area contributed by atoms with Gasteiger partial charge < -0.3 is 9.64 Å². The molecule has 0 saturated carbocycles. The highest BCUT2D eigenvalue weighted by molar-refractivity contribution is 6.32. The molecule has 0 atom stereocenters. The summed E-state index contributed by atoms with van der Waals surface area (Å²) in [6, 6.07) is 3.65. The van der Waals surface area contributed by atoms with Gasteiger partial charge in [-0.25, -0.2) is 9.78 Å². The average Bonchev–Trinajstić information content (AvgIpc) is 2.69. The zero-order chi connectivity index (χ0) is 16.8. The van der Waals surface area contributed by atoms with E-state index in [-0.39, 0.29) is 6.09 Å². The van der Waals surface area contributed by atoms with Crippen molar-refractivity contribution in [2.45, 2.75) is 26.8 Å². The smallest absolute Gasteiger partial charge is 0.409 e. The minimum atomic E-state index is -0.212. The van der Waals surface area contributed by atoms with Gasteiger partial charge in [0.1, 0.15) is 10.3 Å². The van der Waals surface area contributed by atoms with Crippen LogP contribution in [0.25, 0.3) is 0 Å². The van der Waals surface area contributed by atoms with E-state index in [1.165, 1.54) is 0 Å². The van der Waals surface area contributed by atoms with Crippen molar-refractivity contribution in [3.63, 3.8) is 0 Å². The molecule has 23 heavy (non-hydrogen) atoms. The second kappa shape index (κ2) is 8.71. The van der Waals surface area contributed by atoms with Crippen molar-refractivity contribution in [1.29, 1.82) is 0 Å². The van der Waals surface area contributed by atoms with Crippen molar-refractivity contribution in [2.75, 3.05) is 32.8 Å². The molecule has 0 aliphatic carbocycles. The lowest BCUT2D eigenvalue weighted by atomic mass is 10.2. The summed E-state index contributed by atoms with van der Waals surface area (Å²) < 4.78 is 5.31. The van der Waals surface area contributed by atoms with Crippen LogP contribution in [-0.2, 0) is 11.3 Å². The first-order valence-electron chi connectivity index (χ1n) is 7.90. The summed E-state index contributed by atoms with van der Waals surface area (Å²) in [5.41, 5.74) is 1.03. The monoisotopic (exact) mass is 359 g/mol. The molecule has 1 aromatic rings. The van der Waals surface area contributed by atoms with Gasteiger partial charge in [0.25, 0.3) is 0 Å². The number of aromatic nitrogens is 1. The fourth-order valence-electron chi connectivity index (χ4n) is 2.50. The summed E-state index contributed by atoms with van der Waals surface area (Å²) in [5.74, 6) is 0.351. The van der Waals surface area contributed by atoms with E-state index in [0.717, 1.165) is 38.2 Å².